The lowest BCUT2D eigenvalue weighted by atomic mass is 9.84. The van der Waals surface area contributed by atoms with Gasteiger partial charge in [-0.25, -0.2) is 0 Å². The van der Waals surface area contributed by atoms with Crippen molar-refractivity contribution < 1.29 is 9.90 Å². The summed E-state index contributed by atoms with van der Waals surface area (Å²) in [5.41, 5.74) is 0.190. The highest BCUT2D eigenvalue weighted by atomic mass is 79.9. The van der Waals surface area contributed by atoms with Gasteiger partial charge < -0.3 is 10.4 Å². The summed E-state index contributed by atoms with van der Waals surface area (Å²) < 4.78 is 0.714. The van der Waals surface area contributed by atoms with Gasteiger partial charge in [0, 0.05) is 4.47 Å². The molecule has 2 N–H and O–H groups in total. The Morgan fingerprint density at radius 3 is 2.75 bits per heavy atom. The van der Waals surface area contributed by atoms with E-state index in [1.165, 1.54) is 12.5 Å². The number of hydrogen-bond acceptors (Lipinski definition) is 3. The molecule has 0 aromatic heterocycles. The second kappa shape index (κ2) is 6.76. The first-order chi connectivity index (χ1) is 9.61. The first-order valence-electron chi connectivity index (χ1n) is 6.81. The van der Waals surface area contributed by atoms with Crippen LogP contribution in [0.2, 0.25) is 0 Å². The van der Waals surface area contributed by atoms with Crippen LogP contribution in [0.3, 0.4) is 0 Å². The van der Waals surface area contributed by atoms with Gasteiger partial charge in [0.15, 0.2) is 0 Å². The molecule has 2 rings (SSSR count). The maximum absolute atomic E-state index is 12.2. The molecule has 5 heteroatoms. The molecule has 4 nitrogen and oxygen atoms in total. The van der Waals surface area contributed by atoms with Gasteiger partial charge in [0.25, 0.3) is 5.91 Å². The van der Waals surface area contributed by atoms with E-state index in [1.54, 1.807) is 12.1 Å². The minimum Gasteiger partial charge on any atom is -0.507 e. The summed E-state index contributed by atoms with van der Waals surface area (Å²) in [7, 11) is 0. The number of aromatic hydroxyl groups is 1. The molecular formula is C15H17BrN2O2. The number of phenolic OH excluding ortho intramolecular Hbond substituents is 1. The third-order valence-electron chi connectivity index (χ3n) is 3.75. The molecule has 106 valence electrons. The Hall–Kier alpha value is -1.54. The fourth-order valence-corrected chi connectivity index (χ4v) is 2.99. The van der Waals surface area contributed by atoms with Gasteiger partial charge >= 0.3 is 0 Å². The topological polar surface area (TPSA) is 73.1 Å². The fraction of sp³-hybridized carbons (Fsp3) is 0.467. The lowest BCUT2D eigenvalue weighted by Gasteiger charge is -2.26. The number of amides is 1. The summed E-state index contributed by atoms with van der Waals surface area (Å²) in [5, 5.41) is 21.7. The molecule has 0 heterocycles. The molecule has 1 amide bonds. The largest absolute Gasteiger partial charge is 0.507 e. The molecule has 1 fully saturated rings. The number of nitrogens with one attached hydrogen (secondary N) is 1. The Morgan fingerprint density at radius 2 is 2.10 bits per heavy atom. The molecule has 1 aliphatic rings. The van der Waals surface area contributed by atoms with E-state index < -0.39 is 11.9 Å². The molecule has 0 saturated heterocycles. The number of rotatable bonds is 3. The first-order valence-corrected chi connectivity index (χ1v) is 7.60. The summed E-state index contributed by atoms with van der Waals surface area (Å²) >= 11 is 3.27. The van der Waals surface area contributed by atoms with Crippen LogP contribution in [0.4, 0.5) is 0 Å². The quantitative estimate of drug-likeness (QED) is 0.888. The van der Waals surface area contributed by atoms with Crippen molar-refractivity contribution in [1.82, 2.24) is 5.32 Å². The van der Waals surface area contributed by atoms with E-state index in [-0.39, 0.29) is 17.2 Å². The molecule has 1 saturated carbocycles. The summed E-state index contributed by atoms with van der Waals surface area (Å²) in [6.45, 7) is 0. The number of carbonyl (C=O) groups excluding carboxylic acids is 1. The molecule has 1 aromatic rings. The Kier molecular flexibility index (Phi) is 5.02. The monoisotopic (exact) mass is 336 g/mol. The summed E-state index contributed by atoms with van der Waals surface area (Å²) in [6, 6.07) is 6.37. The van der Waals surface area contributed by atoms with Crippen molar-refractivity contribution in [3.8, 4) is 11.8 Å². The molecule has 0 spiro atoms. The van der Waals surface area contributed by atoms with E-state index in [2.05, 4.69) is 27.3 Å². The van der Waals surface area contributed by atoms with Crippen molar-refractivity contribution in [2.75, 3.05) is 0 Å². The molecule has 0 radical (unpaired) electrons. The van der Waals surface area contributed by atoms with Gasteiger partial charge in [-0.2, -0.15) is 5.26 Å². The van der Waals surface area contributed by atoms with E-state index >= 15 is 0 Å². The van der Waals surface area contributed by atoms with Gasteiger partial charge in [0.1, 0.15) is 11.8 Å². The number of carbonyl (C=O) groups is 1. The van der Waals surface area contributed by atoms with E-state index in [0.29, 0.717) is 4.47 Å². The Morgan fingerprint density at radius 1 is 1.40 bits per heavy atom. The van der Waals surface area contributed by atoms with Crippen LogP contribution in [0.15, 0.2) is 22.7 Å². The third kappa shape index (κ3) is 3.51. The molecule has 20 heavy (non-hydrogen) atoms. The molecule has 0 aliphatic heterocycles. The zero-order valence-corrected chi connectivity index (χ0v) is 12.7. The maximum Gasteiger partial charge on any atom is 0.256 e. The Balaban J connectivity index is 2.09. The van der Waals surface area contributed by atoms with Crippen LogP contribution in [0.25, 0.3) is 0 Å². The van der Waals surface area contributed by atoms with Crippen molar-refractivity contribution in [3.63, 3.8) is 0 Å². The Bertz CT molecular complexity index is 533. The second-order valence-corrected chi connectivity index (χ2v) is 6.06. The van der Waals surface area contributed by atoms with Gasteiger partial charge in [-0.15, -0.1) is 0 Å². The second-order valence-electron chi connectivity index (χ2n) is 5.14. The van der Waals surface area contributed by atoms with Gasteiger partial charge in [-0.3, -0.25) is 4.79 Å². The van der Waals surface area contributed by atoms with Crippen molar-refractivity contribution in [2.45, 2.75) is 38.1 Å². The van der Waals surface area contributed by atoms with Gasteiger partial charge in [-0.1, -0.05) is 35.2 Å². The van der Waals surface area contributed by atoms with Gasteiger partial charge in [-0.05, 0) is 37.0 Å². The van der Waals surface area contributed by atoms with Crippen molar-refractivity contribution in [3.05, 3.63) is 28.2 Å². The summed E-state index contributed by atoms with van der Waals surface area (Å²) in [4.78, 5) is 12.2. The number of phenols is 1. The van der Waals surface area contributed by atoms with Crippen molar-refractivity contribution in [2.24, 2.45) is 5.92 Å². The average Bonchev–Trinajstić information content (AvgIpc) is 2.48. The minimum absolute atomic E-state index is 0.0777. The smallest absolute Gasteiger partial charge is 0.256 e. The number of nitriles is 1. The van der Waals surface area contributed by atoms with Crippen LogP contribution in [0.1, 0.15) is 42.5 Å². The van der Waals surface area contributed by atoms with Crippen LogP contribution < -0.4 is 5.32 Å². The van der Waals surface area contributed by atoms with E-state index in [1.807, 2.05) is 0 Å². The van der Waals surface area contributed by atoms with Crippen molar-refractivity contribution in [1.29, 1.82) is 5.26 Å². The highest BCUT2D eigenvalue weighted by molar-refractivity contribution is 9.10. The van der Waals surface area contributed by atoms with E-state index in [4.69, 9.17) is 0 Å². The number of nitrogens with zero attached hydrogens (tertiary/aromatic N) is 1. The highest BCUT2D eigenvalue weighted by Gasteiger charge is 2.26. The van der Waals surface area contributed by atoms with E-state index in [0.717, 1.165) is 25.7 Å². The molecule has 1 aromatic carbocycles. The number of halogens is 1. The van der Waals surface area contributed by atoms with Crippen LogP contribution in [-0.2, 0) is 0 Å². The minimum atomic E-state index is -0.485. The highest BCUT2D eigenvalue weighted by Crippen LogP contribution is 2.27. The van der Waals surface area contributed by atoms with Gasteiger partial charge in [0.05, 0.1) is 11.6 Å². The zero-order valence-electron chi connectivity index (χ0n) is 11.1. The van der Waals surface area contributed by atoms with Crippen LogP contribution in [0.5, 0.6) is 5.75 Å². The van der Waals surface area contributed by atoms with Crippen LogP contribution in [0, 0.1) is 17.2 Å². The summed E-state index contributed by atoms with van der Waals surface area (Å²) in [6.07, 6.45) is 5.38. The standard InChI is InChI=1S/C15H17BrN2O2/c16-11-6-7-14(19)12(8-11)15(20)18-13(9-17)10-4-2-1-3-5-10/h6-8,10,13,19H,1-5H2,(H,18,20). The van der Waals surface area contributed by atoms with E-state index in [9.17, 15) is 15.2 Å². The lowest BCUT2D eigenvalue weighted by molar-refractivity contribution is 0.0926. The molecule has 0 bridgehead atoms. The first kappa shape index (κ1) is 14.9. The number of benzene rings is 1. The fourth-order valence-electron chi connectivity index (χ4n) is 2.63. The third-order valence-corrected chi connectivity index (χ3v) is 4.24. The predicted octanol–water partition coefficient (Wildman–Crippen LogP) is 3.36. The number of hydrogen-bond donors (Lipinski definition) is 2. The Labute approximate surface area is 126 Å². The summed E-state index contributed by atoms with van der Waals surface area (Å²) in [5.74, 6) is -0.265. The maximum atomic E-state index is 12.2. The molecular weight excluding hydrogens is 320 g/mol. The zero-order chi connectivity index (χ0) is 14.5. The predicted molar refractivity (Wildman–Crippen MR) is 79.2 cm³/mol. The normalized spacial score (nSPS) is 17.2. The lowest BCUT2D eigenvalue weighted by Crippen LogP contribution is -2.40. The SMILES string of the molecule is N#CC(NC(=O)c1cc(Br)ccc1O)C1CCCCC1. The van der Waals surface area contributed by atoms with Gasteiger partial charge in [0.2, 0.25) is 0 Å². The van der Waals surface area contributed by atoms with Crippen LogP contribution in [-0.4, -0.2) is 17.1 Å². The van der Waals surface area contributed by atoms with Crippen molar-refractivity contribution >= 4 is 21.8 Å². The average molecular weight is 337 g/mol. The molecule has 1 aliphatic carbocycles. The molecule has 1 unspecified atom stereocenters. The van der Waals surface area contributed by atoms with Crippen LogP contribution >= 0.6 is 15.9 Å². The molecule has 1 atom stereocenters.